The molecular weight excluding hydrogens is 292 g/mol. The molecule has 0 atom stereocenters. The van der Waals surface area contributed by atoms with Crippen molar-refractivity contribution in [3.63, 3.8) is 0 Å². The molecule has 2 N–H and O–H groups in total. The Morgan fingerprint density at radius 2 is 2.09 bits per heavy atom. The van der Waals surface area contributed by atoms with Crippen LogP contribution in [0, 0.1) is 0 Å². The minimum Gasteiger partial charge on any atom is -0.506 e. The lowest BCUT2D eigenvalue weighted by Crippen LogP contribution is -2.15. The predicted octanol–water partition coefficient (Wildman–Crippen LogP) is 2.98. The van der Waals surface area contributed by atoms with Gasteiger partial charge in [0.1, 0.15) is 11.4 Å². The lowest BCUT2D eigenvalue weighted by molar-refractivity contribution is 0.102. The number of phenols is 1. The van der Waals surface area contributed by atoms with E-state index in [4.69, 9.17) is 0 Å². The molecule has 1 aromatic carbocycles. The van der Waals surface area contributed by atoms with Crippen LogP contribution in [0.5, 0.6) is 5.75 Å². The standard InChI is InChI=1S/C17H18N4O2/c1-17(2,3)11-5-6-14(22)12(9-11)19-15(23)13-10-21-8-4-7-18-16(21)20-13/h4-10,22H,1-3H3,(H,19,23). The van der Waals surface area contributed by atoms with Gasteiger partial charge >= 0.3 is 0 Å². The van der Waals surface area contributed by atoms with Gasteiger partial charge in [0.25, 0.3) is 5.91 Å². The molecule has 0 saturated carbocycles. The molecule has 1 amide bonds. The summed E-state index contributed by atoms with van der Waals surface area (Å²) in [5.74, 6) is 0.0791. The lowest BCUT2D eigenvalue weighted by Gasteiger charge is -2.20. The second-order valence-corrected chi connectivity index (χ2v) is 6.39. The van der Waals surface area contributed by atoms with E-state index in [-0.39, 0.29) is 16.9 Å². The molecule has 0 bridgehead atoms. The summed E-state index contributed by atoms with van der Waals surface area (Å²) in [5, 5.41) is 12.7. The monoisotopic (exact) mass is 310 g/mol. The summed E-state index contributed by atoms with van der Waals surface area (Å²) in [6.07, 6.45) is 4.98. The van der Waals surface area contributed by atoms with Crippen LogP contribution in [-0.2, 0) is 5.41 Å². The average molecular weight is 310 g/mol. The predicted molar refractivity (Wildman–Crippen MR) is 87.7 cm³/mol. The van der Waals surface area contributed by atoms with Crippen LogP contribution in [0.4, 0.5) is 5.69 Å². The number of hydrogen-bond donors (Lipinski definition) is 2. The fourth-order valence-electron chi connectivity index (χ4n) is 2.23. The van der Waals surface area contributed by atoms with Crippen LogP contribution < -0.4 is 5.32 Å². The van der Waals surface area contributed by atoms with Gasteiger partial charge in [-0.1, -0.05) is 26.8 Å². The molecule has 2 heterocycles. The van der Waals surface area contributed by atoms with Gasteiger partial charge in [0.15, 0.2) is 0 Å². The lowest BCUT2D eigenvalue weighted by atomic mass is 9.87. The van der Waals surface area contributed by atoms with Crippen LogP contribution in [0.1, 0.15) is 36.8 Å². The molecule has 0 unspecified atom stereocenters. The summed E-state index contributed by atoms with van der Waals surface area (Å²) in [6.45, 7) is 6.20. The Labute approximate surface area is 133 Å². The van der Waals surface area contributed by atoms with E-state index in [9.17, 15) is 9.90 Å². The second-order valence-electron chi connectivity index (χ2n) is 6.39. The van der Waals surface area contributed by atoms with Crippen molar-refractivity contribution in [2.75, 3.05) is 5.32 Å². The van der Waals surface area contributed by atoms with Gasteiger partial charge in [-0.2, -0.15) is 0 Å². The summed E-state index contributed by atoms with van der Waals surface area (Å²) in [5.41, 5.74) is 1.54. The first-order valence-corrected chi connectivity index (χ1v) is 7.29. The van der Waals surface area contributed by atoms with Crippen LogP contribution in [0.3, 0.4) is 0 Å². The number of nitrogens with zero attached hydrogens (tertiary/aromatic N) is 3. The third kappa shape index (κ3) is 3.01. The summed E-state index contributed by atoms with van der Waals surface area (Å²) >= 11 is 0. The molecule has 0 fully saturated rings. The molecule has 2 aromatic heterocycles. The number of carbonyl (C=O) groups excluding carboxylic acids is 1. The minimum absolute atomic E-state index is 0.0215. The number of aromatic hydroxyl groups is 1. The molecule has 6 heteroatoms. The Bertz CT molecular complexity index is 845. The first-order valence-electron chi connectivity index (χ1n) is 7.29. The molecular formula is C17H18N4O2. The molecule has 0 aliphatic carbocycles. The first-order chi connectivity index (χ1) is 10.8. The number of rotatable bonds is 2. The number of nitrogens with one attached hydrogen (secondary N) is 1. The van der Waals surface area contributed by atoms with E-state index < -0.39 is 5.91 Å². The molecule has 0 spiro atoms. The number of carbonyl (C=O) groups is 1. The third-order valence-electron chi connectivity index (χ3n) is 3.58. The van der Waals surface area contributed by atoms with Gasteiger partial charge in [0.05, 0.1) is 5.69 Å². The number of fused-ring (bicyclic) bond motifs is 1. The largest absolute Gasteiger partial charge is 0.506 e. The highest BCUT2D eigenvalue weighted by Crippen LogP contribution is 2.30. The fourth-order valence-corrected chi connectivity index (χ4v) is 2.23. The summed E-state index contributed by atoms with van der Waals surface area (Å²) < 4.78 is 1.67. The van der Waals surface area contributed by atoms with Crippen molar-refractivity contribution in [2.24, 2.45) is 0 Å². The van der Waals surface area contributed by atoms with Gasteiger partial charge in [-0.25, -0.2) is 9.97 Å². The maximum absolute atomic E-state index is 12.4. The SMILES string of the molecule is CC(C)(C)c1ccc(O)c(NC(=O)c2cn3cccnc3n2)c1. The van der Waals surface area contributed by atoms with Gasteiger partial charge in [0.2, 0.25) is 5.78 Å². The number of benzene rings is 1. The van der Waals surface area contributed by atoms with Crippen molar-refractivity contribution in [1.82, 2.24) is 14.4 Å². The molecule has 3 aromatic rings. The summed E-state index contributed by atoms with van der Waals surface area (Å²) in [4.78, 5) is 20.6. The number of amides is 1. The molecule has 118 valence electrons. The van der Waals surface area contributed by atoms with Gasteiger partial charge in [-0.3, -0.25) is 9.20 Å². The first kappa shape index (κ1) is 15.0. The molecule has 23 heavy (non-hydrogen) atoms. The normalized spacial score (nSPS) is 11.6. The highest BCUT2D eigenvalue weighted by atomic mass is 16.3. The van der Waals surface area contributed by atoms with Crippen molar-refractivity contribution < 1.29 is 9.90 Å². The van der Waals surface area contributed by atoms with Crippen LogP contribution in [0.25, 0.3) is 5.78 Å². The summed E-state index contributed by atoms with van der Waals surface area (Å²) in [7, 11) is 0. The Hall–Kier alpha value is -2.89. The molecule has 0 radical (unpaired) electrons. The quantitative estimate of drug-likeness (QED) is 0.713. The molecule has 0 aliphatic rings. The van der Waals surface area contributed by atoms with Gasteiger partial charge in [-0.05, 0) is 29.2 Å². The average Bonchev–Trinajstić information content (AvgIpc) is 2.92. The van der Waals surface area contributed by atoms with Crippen LogP contribution in [0.15, 0.2) is 42.9 Å². The minimum atomic E-state index is -0.392. The van der Waals surface area contributed by atoms with Gasteiger partial charge < -0.3 is 10.4 Å². The second kappa shape index (κ2) is 5.39. The third-order valence-corrected chi connectivity index (χ3v) is 3.58. The number of hydrogen-bond acceptors (Lipinski definition) is 4. The van der Waals surface area contributed by atoms with Crippen LogP contribution in [-0.4, -0.2) is 25.4 Å². The topological polar surface area (TPSA) is 79.5 Å². The molecule has 3 rings (SSSR count). The molecule has 0 saturated heterocycles. The van der Waals surface area contributed by atoms with Crippen molar-refractivity contribution >= 4 is 17.4 Å². The smallest absolute Gasteiger partial charge is 0.276 e. The number of aromatic nitrogens is 3. The van der Waals surface area contributed by atoms with E-state index in [2.05, 4.69) is 36.1 Å². The highest BCUT2D eigenvalue weighted by Gasteiger charge is 2.18. The zero-order valence-corrected chi connectivity index (χ0v) is 13.2. The molecule has 0 aliphatic heterocycles. The fraction of sp³-hybridized carbons (Fsp3) is 0.235. The van der Waals surface area contributed by atoms with E-state index in [1.165, 1.54) is 0 Å². The maximum atomic E-state index is 12.4. The van der Waals surface area contributed by atoms with Crippen molar-refractivity contribution in [3.8, 4) is 5.75 Å². The molecule has 6 nitrogen and oxygen atoms in total. The van der Waals surface area contributed by atoms with Crippen molar-refractivity contribution in [2.45, 2.75) is 26.2 Å². The Morgan fingerprint density at radius 3 is 2.78 bits per heavy atom. The van der Waals surface area contributed by atoms with E-state index in [0.717, 1.165) is 5.56 Å². The van der Waals surface area contributed by atoms with Crippen LogP contribution >= 0.6 is 0 Å². The number of imidazole rings is 1. The highest BCUT2D eigenvalue weighted by molar-refractivity contribution is 6.04. The number of phenolic OH excluding ortho intramolecular Hbond substituents is 1. The zero-order valence-electron chi connectivity index (χ0n) is 13.2. The van der Waals surface area contributed by atoms with E-state index in [1.54, 1.807) is 41.2 Å². The summed E-state index contributed by atoms with van der Waals surface area (Å²) in [6, 6.07) is 6.97. The van der Waals surface area contributed by atoms with Crippen LogP contribution in [0.2, 0.25) is 0 Å². The van der Waals surface area contributed by atoms with Gasteiger partial charge in [0, 0.05) is 18.6 Å². The van der Waals surface area contributed by atoms with Gasteiger partial charge in [-0.15, -0.1) is 0 Å². The Kier molecular flexibility index (Phi) is 3.52. The van der Waals surface area contributed by atoms with E-state index in [1.807, 2.05) is 6.07 Å². The van der Waals surface area contributed by atoms with Crippen molar-refractivity contribution in [1.29, 1.82) is 0 Å². The Morgan fingerprint density at radius 1 is 1.30 bits per heavy atom. The van der Waals surface area contributed by atoms with E-state index >= 15 is 0 Å². The number of anilines is 1. The van der Waals surface area contributed by atoms with E-state index in [0.29, 0.717) is 11.5 Å². The zero-order chi connectivity index (χ0) is 16.6. The maximum Gasteiger partial charge on any atom is 0.276 e. The Balaban J connectivity index is 1.90. The van der Waals surface area contributed by atoms with Crippen molar-refractivity contribution in [3.05, 3.63) is 54.1 Å².